The molecule has 0 radical (unpaired) electrons. The summed E-state index contributed by atoms with van der Waals surface area (Å²) in [6.45, 7) is 6.78. The van der Waals surface area contributed by atoms with Gasteiger partial charge in [-0.05, 0) is 44.1 Å². The minimum atomic E-state index is 0.569. The van der Waals surface area contributed by atoms with Gasteiger partial charge in [-0.2, -0.15) is 0 Å². The van der Waals surface area contributed by atoms with Gasteiger partial charge in [0.1, 0.15) is 6.61 Å². The topological polar surface area (TPSA) is 44.2 Å². The normalized spacial score (nSPS) is 11.4. The Morgan fingerprint density at radius 3 is 2.11 bits per heavy atom. The predicted molar refractivity (Wildman–Crippen MR) is 148 cm³/mol. The summed E-state index contributed by atoms with van der Waals surface area (Å²) in [4.78, 5) is 8.99. The number of rotatable bonds is 21. The molecule has 0 bridgehead atoms. The van der Waals surface area contributed by atoms with E-state index in [9.17, 15) is 0 Å². The third-order valence-corrected chi connectivity index (χ3v) is 6.18. The molecule has 0 aliphatic carbocycles. The van der Waals surface area contributed by atoms with Gasteiger partial charge in [-0.15, -0.1) is 0 Å². The van der Waals surface area contributed by atoms with Crippen LogP contribution in [0.3, 0.4) is 0 Å². The summed E-state index contributed by atoms with van der Waals surface area (Å²) in [6.07, 6.45) is 25.6. The first-order valence-corrected chi connectivity index (χ1v) is 14.1. The number of hydrogen-bond donors (Lipinski definition) is 0. The largest absolute Gasteiger partial charge is 0.486 e. The summed E-state index contributed by atoms with van der Waals surface area (Å²) >= 11 is 0. The third-order valence-electron chi connectivity index (χ3n) is 6.18. The predicted octanol–water partition coefficient (Wildman–Crippen LogP) is 8.75. The van der Waals surface area contributed by atoms with Gasteiger partial charge in [0.15, 0.2) is 11.6 Å². The van der Waals surface area contributed by atoms with Gasteiger partial charge in [0, 0.05) is 18.8 Å². The fourth-order valence-electron chi connectivity index (χ4n) is 4.04. The van der Waals surface area contributed by atoms with Crippen molar-refractivity contribution in [2.45, 2.75) is 104 Å². The summed E-state index contributed by atoms with van der Waals surface area (Å²) in [5.74, 6) is 1.46. The second-order valence-electron chi connectivity index (χ2n) is 9.41. The van der Waals surface area contributed by atoms with Gasteiger partial charge in [0.05, 0.1) is 12.4 Å². The number of unbranched alkanes of at least 4 members (excludes halogenated alkanes) is 10. The molecule has 0 amide bonds. The van der Waals surface area contributed by atoms with E-state index < -0.39 is 0 Å². The van der Waals surface area contributed by atoms with Crippen LogP contribution in [0.25, 0.3) is 11.4 Å². The molecule has 0 fully saturated rings. The van der Waals surface area contributed by atoms with Crippen LogP contribution in [0.15, 0.2) is 48.8 Å². The van der Waals surface area contributed by atoms with Gasteiger partial charge in [-0.25, -0.2) is 9.97 Å². The van der Waals surface area contributed by atoms with E-state index in [0.29, 0.717) is 12.4 Å². The summed E-state index contributed by atoms with van der Waals surface area (Å²) in [5.41, 5.74) is 2.42. The maximum absolute atomic E-state index is 5.76. The first kappa shape index (κ1) is 29.0. The third kappa shape index (κ3) is 14.1. The summed E-state index contributed by atoms with van der Waals surface area (Å²) in [5, 5.41) is 0. The van der Waals surface area contributed by atoms with Crippen molar-refractivity contribution in [1.29, 1.82) is 0 Å². The van der Waals surface area contributed by atoms with Crippen LogP contribution >= 0.6 is 0 Å². The summed E-state index contributed by atoms with van der Waals surface area (Å²) in [7, 11) is 0. The molecule has 4 heteroatoms. The van der Waals surface area contributed by atoms with Crippen molar-refractivity contribution in [1.82, 2.24) is 9.97 Å². The van der Waals surface area contributed by atoms with E-state index in [1.54, 1.807) is 12.4 Å². The Balaban J connectivity index is 1.58. The zero-order valence-electron chi connectivity index (χ0n) is 22.4. The van der Waals surface area contributed by atoms with Crippen molar-refractivity contribution < 1.29 is 9.47 Å². The van der Waals surface area contributed by atoms with E-state index in [2.05, 4.69) is 60.2 Å². The molecular weight excluding hydrogens is 432 g/mol. The molecule has 0 aliphatic rings. The molecule has 4 nitrogen and oxygen atoms in total. The lowest BCUT2D eigenvalue weighted by Gasteiger charge is -2.06. The lowest BCUT2D eigenvalue weighted by atomic mass is 10.0. The highest BCUT2D eigenvalue weighted by Crippen LogP contribution is 2.18. The maximum atomic E-state index is 5.76. The Bertz CT molecular complexity index is 772. The van der Waals surface area contributed by atoms with Crippen LogP contribution in [0.1, 0.15) is 103 Å². The van der Waals surface area contributed by atoms with E-state index in [1.165, 1.54) is 76.2 Å². The Labute approximate surface area is 214 Å². The van der Waals surface area contributed by atoms with E-state index >= 15 is 0 Å². The van der Waals surface area contributed by atoms with Crippen LogP contribution in [0.2, 0.25) is 0 Å². The molecule has 194 valence electrons. The van der Waals surface area contributed by atoms with Crippen molar-refractivity contribution in [2.24, 2.45) is 0 Å². The van der Waals surface area contributed by atoms with Crippen molar-refractivity contribution in [3.8, 4) is 17.1 Å². The Kier molecular flexibility index (Phi) is 16.6. The lowest BCUT2D eigenvalue weighted by Crippen LogP contribution is -1.96. The molecule has 0 spiro atoms. The summed E-state index contributed by atoms with van der Waals surface area (Å²) in [6, 6.07) is 8.64. The quantitative estimate of drug-likeness (QED) is 0.132. The number of nitrogens with zero attached hydrogens (tertiary/aromatic N) is 2. The van der Waals surface area contributed by atoms with Gasteiger partial charge in [0.2, 0.25) is 0 Å². The van der Waals surface area contributed by atoms with Crippen molar-refractivity contribution >= 4 is 0 Å². The van der Waals surface area contributed by atoms with E-state index in [-0.39, 0.29) is 0 Å². The Morgan fingerprint density at radius 1 is 0.686 bits per heavy atom. The number of hydrogen-bond acceptors (Lipinski definition) is 4. The van der Waals surface area contributed by atoms with Crippen LogP contribution in [-0.4, -0.2) is 29.8 Å². The minimum absolute atomic E-state index is 0.569. The van der Waals surface area contributed by atoms with Gasteiger partial charge >= 0.3 is 0 Å². The SMILES string of the molecule is CCCCCCCCC/C=C/COc1cnc(-c2ccc(CCCCCCOCCC)cc2)nc1. The number of aromatic nitrogens is 2. The van der Waals surface area contributed by atoms with Gasteiger partial charge in [-0.3, -0.25) is 0 Å². The molecule has 0 saturated carbocycles. The van der Waals surface area contributed by atoms with Crippen molar-refractivity contribution in [2.75, 3.05) is 19.8 Å². The van der Waals surface area contributed by atoms with Crippen molar-refractivity contribution in [3.05, 3.63) is 54.4 Å². The molecule has 1 aromatic heterocycles. The second kappa shape index (κ2) is 20.0. The van der Waals surface area contributed by atoms with Gasteiger partial charge < -0.3 is 9.47 Å². The minimum Gasteiger partial charge on any atom is -0.486 e. The lowest BCUT2D eigenvalue weighted by molar-refractivity contribution is 0.130. The molecule has 0 aliphatic heterocycles. The first-order valence-electron chi connectivity index (χ1n) is 14.1. The number of ether oxygens (including phenoxy) is 2. The second-order valence-corrected chi connectivity index (χ2v) is 9.41. The first-order chi connectivity index (χ1) is 17.3. The molecule has 2 aromatic rings. The highest BCUT2D eigenvalue weighted by molar-refractivity contribution is 5.55. The zero-order chi connectivity index (χ0) is 24.8. The molecule has 35 heavy (non-hydrogen) atoms. The van der Waals surface area contributed by atoms with Crippen LogP contribution in [-0.2, 0) is 11.2 Å². The monoisotopic (exact) mass is 480 g/mol. The van der Waals surface area contributed by atoms with Crippen LogP contribution in [0.4, 0.5) is 0 Å². The average molecular weight is 481 g/mol. The molecule has 1 heterocycles. The number of allylic oxidation sites excluding steroid dienone is 1. The van der Waals surface area contributed by atoms with E-state index in [1.807, 2.05) is 0 Å². The van der Waals surface area contributed by atoms with Crippen molar-refractivity contribution in [3.63, 3.8) is 0 Å². The summed E-state index contributed by atoms with van der Waals surface area (Å²) < 4.78 is 11.3. The fraction of sp³-hybridized carbons (Fsp3) is 0.613. The molecule has 2 rings (SSSR count). The molecule has 1 aromatic carbocycles. The molecule has 0 unspecified atom stereocenters. The molecule has 0 N–H and O–H groups in total. The smallest absolute Gasteiger partial charge is 0.159 e. The maximum Gasteiger partial charge on any atom is 0.159 e. The van der Waals surface area contributed by atoms with Crippen LogP contribution < -0.4 is 4.74 Å². The average Bonchev–Trinajstić information content (AvgIpc) is 2.89. The Hall–Kier alpha value is -2.20. The zero-order valence-corrected chi connectivity index (χ0v) is 22.4. The molecular formula is C31H48N2O2. The van der Waals surface area contributed by atoms with E-state index in [0.717, 1.165) is 43.9 Å². The van der Waals surface area contributed by atoms with E-state index in [4.69, 9.17) is 9.47 Å². The van der Waals surface area contributed by atoms with Gasteiger partial charge in [0.25, 0.3) is 0 Å². The van der Waals surface area contributed by atoms with Crippen LogP contribution in [0.5, 0.6) is 5.75 Å². The molecule has 0 saturated heterocycles. The van der Waals surface area contributed by atoms with Gasteiger partial charge in [-0.1, -0.05) is 102 Å². The fourth-order valence-corrected chi connectivity index (χ4v) is 4.04. The number of benzene rings is 1. The standard InChI is InChI=1S/C31H48N2O2/c1-3-5-6-7-8-9-10-11-13-17-25-35-30-26-32-31(33-27-30)29-21-19-28(20-22-29)18-15-12-14-16-24-34-23-4-2/h13,17,19-22,26-27H,3-12,14-16,18,23-25H2,1-2H3/b17-13+. The van der Waals surface area contributed by atoms with Crippen LogP contribution in [0, 0.1) is 0 Å². The Morgan fingerprint density at radius 2 is 1.37 bits per heavy atom. The molecule has 0 atom stereocenters. The number of aryl methyl sites for hydroxylation is 1. The highest BCUT2D eigenvalue weighted by atomic mass is 16.5. The highest BCUT2D eigenvalue weighted by Gasteiger charge is 2.03.